The Morgan fingerprint density at radius 3 is 2.90 bits per heavy atom. The molecule has 2 atom stereocenters. The first-order chi connectivity index (χ1) is 14.6. The van der Waals surface area contributed by atoms with Crippen molar-refractivity contribution in [1.29, 1.82) is 0 Å². The van der Waals surface area contributed by atoms with Gasteiger partial charge in [0.25, 0.3) is 5.91 Å². The lowest BCUT2D eigenvalue weighted by atomic mass is 9.83. The van der Waals surface area contributed by atoms with E-state index in [-0.39, 0.29) is 5.91 Å². The molecule has 2 amide bonds. The maximum absolute atomic E-state index is 13.2. The molecule has 0 spiro atoms. The Hall–Kier alpha value is -2.41. The van der Waals surface area contributed by atoms with Crippen molar-refractivity contribution in [2.45, 2.75) is 57.7 Å². The number of amides is 2. The van der Waals surface area contributed by atoms with Crippen LogP contribution < -0.4 is 4.74 Å². The van der Waals surface area contributed by atoms with Crippen LogP contribution in [0.15, 0.2) is 29.6 Å². The van der Waals surface area contributed by atoms with E-state index in [1.807, 2.05) is 41.5 Å². The zero-order valence-electron chi connectivity index (χ0n) is 17.3. The predicted octanol–water partition coefficient (Wildman–Crippen LogP) is 3.65. The number of hydrogen-bond donors (Lipinski definition) is 0. The molecule has 158 valence electrons. The maximum atomic E-state index is 13.2. The Kier molecular flexibility index (Phi) is 5.23. The zero-order chi connectivity index (χ0) is 20.7. The molecule has 0 N–H and O–H groups in total. The van der Waals surface area contributed by atoms with E-state index in [1.165, 1.54) is 0 Å². The van der Waals surface area contributed by atoms with Crippen molar-refractivity contribution in [2.75, 3.05) is 13.1 Å². The lowest BCUT2D eigenvalue weighted by Gasteiger charge is -2.47. The van der Waals surface area contributed by atoms with E-state index in [1.54, 1.807) is 11.3 Å². The smallest absolute Gasteiger partial charge is 0.253 e. The second kappa shape index (κ2) is 8.02. The molecule has 3 fully saturated rings. The molecule has 0 radical (unpaired) electrons. The van der Waals surface area contributed by atoms with E-state index < -0.39 is 0 Å². The van der Waals surface area contributed by atoms with Gasteiger partial charge in [0, 0.05) is 42.5 Å². The third-order valence-corrected chi connectivity index (χ3v) is 7.25. The van der Waals surface area contributed by atoms with Gasteiger partial charge >= 0.3 is 0 Å². The van der Waals surface area contributed by atoms with Gasteiger partial charge in [-0.05, 0) is 56.7 Å². The molecule has 2 saturated heterocycles. The van der Waals surface area contributed by atoms with Crippen LogP contribution in [0.5, 0.6) is 5.75 Å². The van der Waals surface area contributed by atoms with Crippen LogP contribution in [-0.4, -0.2) is 51.8 Å². The fraction of sp³-hybridized carbons (Fsp3) is 0.522. The molecular formula is C23H27N3O3S. The minimum Gasteiger partial charge on any atom is -0.487 e. The summed E-state index contributed by atoms with van der Waals surface area (Å²) in [5.41, 5.74) is 1.56. The molecule has 5 rings (SSSR count). The third kappa shape index (κ3) is 3.95. The van der Waals surface area contributed by atoms with Crippen molar-refractivity contribution in [3.8, 4) is 5.75 Å². The topological polar surface area (TPSA) is 62.7 Å². The molecule has 1 saturated carbocycles. The second-order valence-electron chi connectivity index (χ2n) is 8.61. The van der Waals surface area contributed by atoms with Gasteiger partial charge < -0.3 is 14.5 Å². The quantitative estimate of drug-likeness (QED) is 0.734. The molecule has 3 heterocycles. The highest BCUT2D eigenvalue weighted by Gasteiger charge is 2.45. The molecule has 6 nitrogen and oxygen atoms in total. The summed E-state index contributed by atoms with van der Waals surface area (Å²) in [5, 5.41) is 3.01. The molecule has 30 heavy (non-hydrogen) atoms. The van der Waals surface area contributed by atoms with E-state index in [2.05, 4.69) is 9.88 Å². The minimum atomic E-state index is 0.0540. The Morgan fingerprint density at radius 1 is 1.27 bits per heavy atom. The number of rotatable bonds is 5. The van der Waals surface area contributed by atoms with Crippen molar-refractivity contribution >= 4 is 23.2 Å². The van der Waals surface area contributed by atoms with E-state index >= 15 is 0 Å². The number of nitrogens with zero attached hydrogens (tertiary/aromatic N) is 3. The highest BCUT2D eigenvalue weighted by Crippen LogP contribution is 2.39. The number of aromatic nitrogens is 1. The highest BCUT2D eigenvalue weighted by atomic mass is 32.1. The van der Waals surface area contributed by atoms with Crippen molar-refractivity contribution in [3.05, 3.63) is 45.9 Å². The molecule has 1 aromatic carbocycles. The number of aryl methyl sites for hydroxylation is 1. The molecular weight excluding hydrogens is 398 g/mol. The van der Waals surface area contributed by atoms with Gasteiger partial charge in [-0.3, -0.25) is 9.59 Å². The van der Waals surface area contributed by atoms with E-state index in [0.717, 1.165) is 42.9 Å². The standard InChI is InChI=1S/C23H27N3O3S/c1-15-24-18(14-30-15)13-29-20-4-2-3-16(11-20)23(28)25-10-9-21-17(12-25)5-8-22(27)26(21)19-6-7-19/h2-4,11,14,17,19,21H,5-10,12-13H2,1H3/t17-,21+/m1/s1. The summed E-state index contributed by atoms with van der Waals surface area (Å²) in [4.78, 5) is 34.1. The average Bonchev–Trinajstić information content (AvgIpc) is 3.51. The lowest BCUT2D eigenvalue weighted by Crippen LogP contribution is -2.57. The molecule has 2 aliphatic heterocycles. The van der Waals surface area contributed by atoms with Gasteiger partial charge in [0.05, 0.1) is 10.7 Å². The van der Waals surface area contributed by atoms with Gasteiger partial charge in [0.15, 0.2) is 0 Å². The van der Waals surface area contributed by atoms with Crippen LogP contribution in [0.25, 0.3) is 0 Å². The van der Waals surface area contributed by atoms with E-state index in [9.17, 15) is 9.59 Å². The van der Waals surface area contributed by atoms with Gasteiger partial charge in [0.1, 0.15) is 12.4 Å². The Balaban J connectivity index is 1.23. The number of thiazole rings is 1. The summed E-state index contributed by atoms with van der Waals surface area (Å²) in [5.74, 6) is 1.45. The molecule has 1 aliphatic carbocycles. The largest absolute Gasteiger partial charge is 0.487 e. The number of likely N-dealkylation sites (tertiary alicyclic amines) is 2. The average molecular weight is 426 g/mol. The summed E-state index contributed by atoms with van der Waals surface area (Å²) in [6, 6.07) is 8.21. The van der Waals surface area contributed by atoms with Crippen molar-refractivity contribution < 1.29 is 14.3 Å². The Labute approximate surface area is 180 Å². The van der Waals surface area contributed by atoms with Crippen LogP contribution in [0.2, 0.25) is 0 Å². The van der Waals surface area contributed by atoms with Crippen LogP contribution in [-0.2, 0) is 11.4 Å². The summed E-state index contributed by atoms with van der Waals surface area (Å²) in [7, 11) is 0. The molecule has 2 aromatic rings. The molecule has 1 aromatic heterocycles. The number of carbonyl (C=O) groups excluding carboxylic acids is 2. The number of piperidine rings is 2. The molecule has 3 aliphatic rings. The van der Waals surface area contributed by atoms with Crippen LogP contribution in [0.4, 0.5) is 0 Å². The first-order valence-electron chi connectivity index (χ1n) is 10.8. The first-order valence-corrected chi connectivity index (χ1v) is 11.7. The summed E-state index contributed by atoms with van der Waals surface area (Å²) >= 11 is 1.60. The summed E-state index contributed by atoms with van der Waals surface area (Å²) in [6.07, 6.45) is 4.69. The number of fused-ring (bicyclic) bond motifs is 1. The zero-order valence-corrected chi connectivity index (χ0v) is 18.1. The van der Waals surface area contributed by atoms with Gasteiger partial charge in [-0.1, -0.05) is 6.07 Å². The number of carbonyl (C=O) groups is 2. The SMILES string of the molecule is Cc1nc(COc2cccc(C(=O)N3CC[C@H]4[C@H](CCC(=O)N4C4CC4)C3)c2)cs1. The Bertz CT molecular complexity index is 955. The van der Waals surface area contributed by atoms with Gasteiger partial charge in [-0.2, -0.15) is 0 Å². The van der Waals surface area contributed by atoms with Crippen LogP contribution in [0.1, 0.15) is 53.2 Å². The lowest BCUT2D eigenvalue weighted by molar-refractivity contribution is -0.141. The predicted molar refractivity (Wildman–Crippen MR) is 115 cm³/mol. The van der Waals surface area contributed by atoms with Gasteiger partial charge in [-0.15, -0.1) is 11.3 Å². The van der Waals surface area contributed by atoms with E-state index in [0.29, 0.717) is 54.8 Å². The number of ether oxygens (including phenoxy) is 1. The third-order valence-electron chi connectivity index (χ3n) is 6.43. The second-order valence-corrected chi connectivity index (χ2v) is 9.67. The number of benzene rings is 1. The van der Waals surface area contributed by atoms with Gasteiger partial charge in [-0.25, -0.2) is 4.98 Å². The van der Waals surface area contributed by atoms with Gasteiger partial charge in [0.2, 0.25) is 5.91 Å². The highest BCUT2D eigenvalue weighted by molar-refractivity contribution is 7.09. The summed E-state index contributed by atoms with van der Waals surface area (Å²) < 4.78 is 5.86. The summed E-state index contributed by atoms with van der Waals surface area (Å²) in [6.45, 7) is 3.83. The van der Waals surface area contributed by atoms with Crippen molar-refractivity contribution in [1.82, 2.24) is 14.8 Å². The monoisotopic (exact) mass is 425 g/mol. The fourth-order valence-electron chi connectivity index (χ4n) is 4.84. The molecule has 0 unspecified atom stereocenters. The van der Waals surface area contributed by atoms with Crippen LogP contribution in [0.3, 0.4) is 0 Å². The maximum Gasteiger partial charge on any atom is 0.253 e. The van der Waals surface area contributed by atoms with Crippen molar-refractivity contribution in [3.63, 3.8) is 0 Å². The molecule has 0 bridgehead atoms. The Morgan fingerprint density at radius 2 is 2.13 bits per heavy atom. The first kappa shape index (κ1) is 19.5. The number of hydrogen-bond acceptors (Lipinski definition) is 5. The normalized spacial score (nSPS) is 24.0. The van der Waals surface area contributed by atoms with Crippen LogP contribution >= 0.6 is 11.3 Å². The van der Waals surface area contributed by atoms with Crippen molar-refractivity contribution in [2.24, 2.45) is 5.92 Å². The van der Waals surface area contributed by atoms with E-state index in [4.69, 9.17) is 4.74 Å². The molecule has 7 heteroatoms. The minimum absolute atomic E-state index is 0.0540. The fourth-order valence-corrected chi connectivity index (χ4v) is 5.43. The van der Waals surface area contributed by atoms with Crippen LogP contribution in [0, 0.1) is 12.8 Å².